The van der Waals surface area contributed by atoms with Crippen LogP contribution in [0.2, 0.25) is 0 Å². The van der Waals surface area contributed by atoms with Gasteiger partial charge in [-0.1, -0.05) is 43.7 Å². The smallest absolute Gasteiger partial charge is 0.105 e. The Morgan fingerprint density at radius 1 is 1.42 bits per heavy atom. The highest BCUT2D eigenvalue weighted by molar-refractivity contribution is 5.19. The van der Waals surface area contributed by atoms with E-state index in [1.54, 1.807) is 0 Å². The number of benzene rings is 1. The van der Waals surface area contributed by atoms with Crippen LogP contribution in [0.4, 0.5) is 0 Å². The first-order valence-electron chi connectivity index (χ1n) is 7.28. The zero-order valence-electron chi connectivity index (χ0n) is 11.9. The Morgan fingerprint density at radius 3 is 2.74 bits per heavy atom. The van der Waals surface area contributed by atoms with E-state index in [-0.39, 0.29) is 6.10 Å². The van der Waals surface area contributed by atoms with Crippen LogP contribution in [0, 0.1) is 0 Å². The Hall–Kier alpha value is -0.900. The molecule has 19 heavy (non-hydrogen) atoms. The van der Waals surface area contributed by atoms with Gasteiger partial charge in [0.2, 0.25) is 0 Å². The molecular formula is C16H25NO2. The van der Waals surface area contributed by atoms with Gasteiger partial charge >= 0.3 is 0 Å². The number of hydrogen-bond donors (Lipinski definition) is 2. The first-order chi connectivity index (χ1) is 9.15. The summed E-state index contributed by atoms with van der Waals surface area (Å²) in [7, 11) is 0. The van der Waals surface area contributed by atoms with Crippen molar-refractivity contribution in [3.05, 3.63) is 35.9 Å². The van der Waals surface area contributed by atoms with Crippen LogP contribution in [0.5, 0.6) is 0 Å². The summed E-state index contributed by atoms with van der Waals surface area (Å²) in [5, 5.41) is 14.1. The summed E-state index contributed by atoms with van der Waals surface area (Å²) in [6.45, 7) is 5.39. The molecule has 1 aromatic rings. The first-order valence-corrected chi connectivity index (χ1v) is 7.28. The van der Waals surface area contributed by atoms with E-state index in [2.05, 4.69) is 36.5 Å². The molecule has 3 unspecified atom stereocenters. The molecule has 0 saturated carbocycles. The minimum Gasteiger partial charge on any atom is -0.386 e. The van der Waals surface area contributed by atoms with Crippen molar-refractivity contribution in [2.75, 3.05) is 13.2 Å². The number of ether oxygens (including phenoxy) is 1. The molecule has 1 heterocycles. The van der Waals surface area contributed by atoms with Gasteiger partial charge < -0.3 is 15.2 Å². The molecule has 1 fully saturated rings. The third kappa shape index (κ3) is 3.56. The molecular weight excluding hydrogens is 238 g/mol. The van der Waals surface area contributed by atoms with Crippen LogP contribution < -0.4 is 5.32 Å². The number of hydrogen-bond acceptors (Lipinski definition) is 3. The molecule has 3 heteroatoms. The lowest BCUT2D eigenvalue weighted by molar-refractivity contribution is -0.0278. The van der Waals surface area contributed by atoms with E-state index in [1.165, 1.54) is 5.56 Å². The van der Waals surface area contributed by atoms with Gasteiger partial charge in [-0.2, -0.15) is 0 Å². The Labute approximate surface area is 116 Å². The van der Waals surface area contributed by atoms with Crippen LogP contribution in [0.3, 0.4) is 0 Å². The third-order valence-electron chi connectivity index (χ3n) is 4.09. The average molecular weight is 263 g/mol. The Bertz CT molecular complexity index is 382. The van der Waals surface area contributed by atoms with Crippen molar-refractivity contribution in [1.82, 2.24) is 5.32 Å². The molecule has 106 valence electrons. The van der Waals surface area contributed by atoms with Crippen molar-refractivity contribution in [2.45, 2.75) is 50.9 Å². The van der Waals surface area contributed by atoms with E-state index >= 15 is 0 Å². The summed E-state index contributed by atoms with van der Waals surface area (Å²) in [5.41, 5.74) is 0.570. The number of rotatable bonds is 6. The number of aliphatic hydroxyl groups is 1. The van der Waals surface area contributed by atoms with E-state index in [9.17, 15) is 5.11 Å². The van der Waals surface area contributed by atoms with E-state index < -0.39 is 5.60 Å². The second-order valence-corrected chi connectivity index (χ2v) is 5.50. The van der Waals surface area contributed by atoms with Crippen LogP contribution in [0.15, 0.2) is 30.3 Å². The Kier molecular flexibility index (Phi) is 4.97. The molecule has 0 aromatic heterocycles. The predicted octanol–water partition coefficient (Wildman–Crippen LogP) is 2.66. The van der Waals surface area contributed by atoms with Crippen LogP contribution in [-0.2, 0) is 4.74 Å². The van der Waals surface area contributed by atoms with Gasteiger partial charge in [0.15, 0.2) is 0 Å². The van der Waals surface area contributed by atoms with Gasteiger partial charge in [0.25, 0.3) is 0 Å². The third-order valence-corrected chi connectivity index (χ3v) is 4.09. The van der Waals surface area contributed by atoms with Crippen LogP contribution >= 0.6 is 0 Å². The summed E-state index contributed by atoms with van der Waals surface area (Å²) in [6.07, 6.45) is 2.83. The van der Waals surface area contributed by atoms with E-state index in [1.807, 2.05) is 13.0 Å². The molecule has 3 atom stereocenters. The van der Waals surface area contributed by atoms with Crippen molar-refractivity contribution in [2.24, 2.45) is 0 Å². The summed E-state index contributed by atoms with van der Waals surface area (Å²) >= 11 is 0. The number of nitrogens with one attached hydrogen (secondary N) is 1. The molecule has 1 saturated heterocycles. The maximum Gasteiger partial charge on any atom is 0.105 e. The quantitative estimate of drug-likeness (QED) is 0.829. The molecule has 2 rings (SSSR count). The van der Waals surface area contributed by atoms with Crippen LogP contribution in [-0.4, -0.2) is 30.0 Å². The normalized spacial score (nSPS) is 28.5. The summed E-state index contributed by atoms with van der Waals surface area (Å²) in [6, 6.07) is 10.8. The second kappa shape index (κ2) is 6.51. The predicted molar refractivity (Wildman–Crippen MR) is 77.1 cm³/mol. The van der Waals surface area contributed by atoms with Crippen molar-refractivity contribution in [3.8, 4) is 0 Å². The molecule has 3 nitrogen and oxygen atoms in total. The fraction of sp³-hybridized carbons (Fsp3) is 0.625. The van der Waals surface area contributed by atoms with Gasteiger partial charge in [-0.3, -0.25) is 0 Å². The fourth-order valence-corrected chi connectivity index (χ4v) is 2.66. The monoisotopic (exact) mass is 263 g/mol. The SMILES string of the molecule is CCCC(NCC1(O)CCOC1C)c1ccccc1. The van der Waals surface area contributed by atoms with Gasteiger partial charge in [-0.05, 0) is 18.9 Å². The molecule has 2 N–H and O–H groups in total. The highest BCUT2D eigenvalue weighted by Gasteiger charge is 2.39. The Morgan fingerprint density at radius 2 is 2.16 bits per heavy atom. The zero-order chi connectivity index (χ0) is 13.7. The lowest BCUT2D eigenvalue weighted by Gasteiger charge is -2.29. The lowest BCUT2D eigenvalue weighted by atomic mass is 9.95. The molecule has 0 aliphatic carbocycles. The molecule has 1 aliphatic rings. The second-order valence-electron chi connectivity index (χ2n) is 5.50. The average Bonchev–Trinajstić information content (AvgIpc) is 2.76. The van der Waals surface area contributed by atoms with Gasteiger partial charge in [0.05, 0.1) is 6.10 Å². The summed E-state index contributed by atoms with van der Waals surface area (Å²) < 4.78 is 5.48. The van der Waals surface area contributed by atoms with Gasteiger partial charge in [-0.15, -0.1) is 0 Å². The highest BCUT2D eigenvalue weighted by atomic mass is 16.5. The zero-order valence-corrected chi connectivity index (χ0v) is 11.9. The molecule has 0 bridgehead atoms. The van der Waals surface area contributed by atoms with Gasteiger partial charge in [0, 0.05) is 25.6 Å². The minimum atomic E-state index is -0.721. The minimum absolute atomic E-state index is 0.0851. The fourth-order valence-electron chi connectivity index (χ4n) is 2.66. The lowest BCUT2D eigenvalue weighted by Crippen LogP contribution is -2.46. The summed E-state index contributed by atoms with van der Waals surface area (Å²) in [5.74, 6) is 0. The Balaban J connectivity index is 1.98. The van der Waals surface area contributed by atoms with Crippen molar-refractivity contribution in [3.63, 3.8) is 0 Å². The van der Waals surface area contributed by atoms with Crippen molar-refractivity contribution in [1.29, 1.82) is 0 Å². The van der Waals surface area contributed by atoms with Crippen LogP contribution in [0.1, 0.15) is 44.7 Å². The van der Waals surface area contributed by atoms with Gasteiger partial charge in [0.1, 0.15) is 5.60 Å². The maximum atomic E-state index is 10.5. The topological polar surface area (TPSA) is 41.5 Å². The molecule has 1 aliphatic heterocycles. The largest absolute Gasteiger partial charge is 0.386 e. The molecule has 0 amide bonds. The molecule has 0 spiro atoms. The van der Waals surface area contributed by atoms with Gasteiger partial charge in [-0.25, -0.2) is 0 Å². The van der Waals surface area contributed by atoms with Crippen molar-refractivity contribution < 1.29 is 9.84 Å². The molecule has 0 radical (unpaired) electrons. The standard InChI is InChI=1S/C16H25NO2/c1-3-7-15(14-8-5-4-6-9-14)17-12-16(18)10-11-19-13(16)2/h4-6,8-9,13,15,17-18H,3,7,10-12H2,1-2H3. The highest BCUT2D eigenvalue weighted by Crippen LogP contribution is 2.26. The summed E-state index contributed by atoms with van der Waals surface area (Å²) in [4.78, 5) is 0. The van der Waals surface area contributed by atoms with Crippen LogP contribution in [0.25, 0.3) is 0 Å². The first kappa shape index (κ1) is 14.5. The molecule has 1 aromatic carbocycles. The van der Waals surface area contributed by atoms with E-state index in [0.717, 1.165) is 19.3 Å². The van der Waals surface area contributed by atoms with Crippen molar-refractivity contribution >= 4 is 0 Å². The maximum absolute atomic E-state index is 10.5. The van der Waals surface area contributed by atoms with E-state index in [4.69, 9.17) is 4.74 Å². The van der Waals surface area contributed by atoms with E-state index in [0.29, 0.717) is 19.2 Å².